The number of nitrogens with zero attached hydrogens (tertiary/aromatic N) is 5. The molecule has 13 heteroatoms. The van der Waals surface area contributed by atoms with Gasteiger partial charge in [0.05, 0.1) is 23.1 Å². The molecule has 1 atom stereocenters. The number of halogens is 4. The van der Waals surface area contributed by atoms with Gasteiger partial charge in [0, 0.05) is 19.5 Å². The summed E-state index contributed by atoms with van der Waals surface area (Å²) in [5.74, 6) is -1.50. The van der Waals surface area contributed by atoms with E-state index in [2.05, 4.69) is 5.10 Å². The molecule has 1 saturated carbocycles. The van der Waals surface area contributed by atoms with Gasteiger partial charge in [-0.05, 0) is 42.9 Å². The largest absolute Gasteiger partial charge is 0.433 e. The van der Waals surface area contributed by atoms with Gasteiger partial charge in [-0.15, -0.1) is 0 Å². The van der Waals surface area contributed by atoms with E-state index in [1.165, 1.54) is 15.9 Å². The van der Waals surface area contributed by atoms with Crippen LogP contribution in [-0.4, -0.2) is 79.6 Å². The van der Waals surface area contributed by atoms with E-state index in [-0.39, 0.29) is 66.7 Å². The lowest BCUT2D eigenvalue weighted by molar-refractivity contribution is -0.177. The molecule has 9 nitrogen and oxygen atoms in total. The van der Waals surface area contributed by atoms with Gasteiger partial charge in [0.1, 0.15) is 12.2 Å². The number of amides is 3. The van der Waals surface area contributed by atoms with Crippen LogP contribution in [0.2, 0.25) is 5.02 Å². The summed E-state index contributed by atoms with van der Waals surface area (Å²) in [6.07, 6.45) is -2.60. The number of piperazine rings is 1. The zero-order valence-corrected chi connectivity index (χ0v) is 18.6. The van der Waals surface area contributed by atoms with Crippen LogP contribution < -0.4 is 0 Å². The van der Waals surface area contributed by atoms with Gasteiger partial charge in [-0.3, -0.25) is 19.6 Å². The number of hydroxylamine groups is 2. The summed E-state index contributed by atoms with van der Waals surface area (Å²) in [5, 5.41) is 14.0. The summed E-state index contributed by atoms with van der Waals surface area (Å²) in [6.45, 7) is -0.0509. The fourth-order valence-corrected chi connectivity index (χ4v) is 4.84. The molecular weight excluding hydrogens is 479 g/mol. The molecule has 182 valence electrons. The molecule has 2 aliphatic heterocycles. The number of hydrogen-bond donors (Lipinski definition) is 1. The molecule has 4 heterocycles. The molecule has 5 rings (SSSR count). The first kappa shape index (κ1) is 22.9. The smallest absolute Gasteiger partial charge is 0.335 e. The molecule has 34 heavy (non-hydrogen) atoms. The van der Waals surface area contributed by atoms with Crippen LogP contribution in [0.25, 0.3) is 5.52 Å². The van der Waals surface area contributed by atoms with Crippen LogP contribution in [0.15, 0.2) is 12.1 Å². The molecule has 0 radical (unpaired) electrons. The van der Waals surface area contributed by atoms with E-state index in [0.29, 0.717) is 21.6 Å². The van der Waals surface area contributed by atoms with Gasteiger partial charge < -0.3 is 9.80 Å². The Balaban J connectivity index is 1.39. The summed E-state index contributed by atoms with van der Waals surface area (Å²) < 4.78 is 41.8. The fraction of sp³-hybridized carbons (Fsp3) is 0.524. The van der Waals surface area contributed by atoms with Crippen molar-refractivity contribution in [1.29, 1.82) is 0 Å². The summed E-state index contributed by atoms with van der Waals surface area (Å²) in [7, 11) is 0. The summed E-state index contributed by atoms with van der Waals surface area (Å²) in [5.41, 5.74) is -0.838. The lowest BCUT2D eigenvalue weighted by Gasteiger charge is -2.41. The Labute approximate surface area is 196 Å². The predicted octanol–water partition coefficient (Wildman–Crippen LogP) is 2.55. The zero-order chi connectivity index (χ0) is 24.4. The average Bonchev–Trinajstić information content (AvgIpc) is 3.58. The van der Waals surface area contributed by atoms with Crippen LogP contribution in [0.5, 0.6) is 0 Å². The number of hydrogen-bond acceptors (Lipinski definition) is 5. The number of alkyl halides is 3. The van der Waals surface area contributed by atoms with Gasteiger partial charge in [-0.25, -0.2) is 9.58 Å². The maximum atomic E-state index is 13.7. The summed E-state index contributed by atoms with van der Waals surface area (Å²) in [6, 6.07) is 2.21. The fourth-order valence-electron chi connectivity index (χ4n) is 4.59. The van der Waals surface area contributed by atoms with Crippen molar-refractivity contribution in [1.82, 2.24) is 24.5 Å². The van der Waals surface area contributed by atoms with Crippen molar-refractivity contribution in [3.05, 3.63) is 34.1 Å². The van der Waals surface area contributed by atoms with Gasteiger partial charge in [0.25, 0.3) is 5.91 Å². The molecule has 2 aromatic heterocycles. The van der Waals surface area contributed by atoms with Gasteiger partial charge in [-0.2, -0.15) is 18.3 Å². The Morgan fingerprint density at radius 3 is 2.47 bits per heavy atom. The summed E-state index contributed by atoms with van der Waals surface area (Å²) in [4.78, 5) is 40.1. The van der Waals surface area contributed by atoms with Crippen LogP contribution >= 0.6 is 11.6 Å². The van der Waals surface area contributed by atoms with Crippen molar-refractivity contribution in [3.63, 3.8) is 0 Å². The van der Waals surface area contributed by atoms with Crippen molar-refractivity contribution in [3.8, 4) is 0 Å². The van der Waals surface area contributed by atoms with Gasteiger partial charge in [-0.1, -0.05) is 11.6 Å². The third-order valence-corrected chi connectivity index (χ3v) is 6.96. The number of carbonyl (C=O) groups is 3. The average molecular weight is 500 g/mol. The second-order valence-corrected chi connectivity index (χ2v) is 9.27. The molecule has 1 aliphatic carbocycles. The van der Waals surface area contributed by atoms with Crippen molar-refractivity contribution >= 4 is 34.8 Å². The van der Waals surface area contributed by atoms with E-state index < -0.39 is 23.7 Å². The molecule has 1 N–H and O–H groups in total. The first-order valence-corrected chi connectivity index (χ1v) is 11.3. The van der Waals surface area contributed by atoms with Gasteiger partial charge in [0.2, 0.25) is 11.8 Å². The molecule has 2 saturated heterocycles. The number of carbonyl (C=O) groups excluding carboxylic acids is 3. The highest BCUT2D eigenvalue weighted by Crippen LogP contribution is 2.43. The lowest BCUT2D eigenvalue weighted by atomic mass is 10.0. The minimum absolute atomic E-state index is 0.00149. The predicted molar refractivity (Wildman–Crippen MR) is 111 cm³/mol. The second-order valence-electron chi connectivity index (χ2n) is 8.89. The minimum Gasteiger partial charge on any atom is -0.335 e. The highest BCUT2D eigenvalue weighted by atomic mass is 35.5. The minimum atomic E-state index is -4.69. The molecule has 2 aromatic rings. The molecule has 1 unspecified atom stereocenters. The van der Waals surface area contributed by atoms with Crippen LogP contribution in [0, 0.1) is 0 Å². The maximum absolute atomic E-state index is 13.7. The van der Waals surface area contributed by atoms with Crippen LogP contribution in [0.3, 0.4) is 0 Å². The topological polar surface area (TPSA) is 98.5 Å². The van der Waals surface area contributed by atoms with Crippen LogP contribution in [0.1, 0.15) is 53.3 Å². The number of piperidine rings is 1. The molecule has 3 fully saturated rings. The highest BCUT2D eigenvalue weighted by Gasteiger charge is 2.40. The van der Waals surface area contributed by atoms with E-state index in [0.717, 1.165) is 18.9 Å². The van der Waals surface area contributed by atoms with Crippen LogP contribution in [0.4, 0.5) is 13.2 Å². The SMILES string of the molecule is O=C1CCC(N2CCN(C(=O)c3nn4c(C(F)(F)F)cc(C5CC5)cc4c3Cl)CC2=O)CN1O. The number of rotatable bonds is 3. The highest BCUT2D eigenvalue weighted by molar-refractivity contribution is 6.36. The zero-order valence-electron chi connectivity index (χ0n) is 17.9. The second kappa shape index (κ2) is 8.12. The van der Waals surface area contributed by atoms with E-state index in [1.54, 1.807) is 0 Å². The third-order valence-electron chi connectivity index (χ3n) is 6.59. The number of pyridine rings is 1. The van der Waals surface area contributed by atoms with Crippen molar-refractivity contribution in [2.45, 2.75) is 43.8 Å². The Hall–Kier alpha value is -2.86. The van der Waals surface area contributed by atoms with Crippen molar-refractivity contribution < 1.29 is 32.8 Å². The molecule has 0 aromatic carbocycles. The Morgan fingerprint density at radius 2 is 1.85 bits per heavy atom. The maximum Gasteiger partial charge on any atom is 0.433 e. The lowest BCUT2D eigenvalue weighted by Crippen LogP contribution is -2.59. The first-order chi connectivity index (χ1) is 16.0. The normalized spacial score (nSPS) is 22.1. The van der Waals surface area contributed by atoms with Crippen molar-refractivity contribution in [2.24, 2.45) is 0 Å². The van der Waals surface area contributed by atoms with E-state index in [1.807, 2.05) is 0 Å². The molecule has 0 bridgehead atoms. The standard InChI is InChI=1S/C21H21ClF3N5O4/c22-18-14-7-12(11-1-2-11)8-15(21(23,24)25)30(14)26-19(18)20(33)27-5-6-28(17(32)10-27)13-3-4-16(31)29(34)9-13/h7-8,11,13,34H,1-6,9-10H2. The van der Waals surface area contributed by atoms with Gasteiger partial charge >= 0.3 is 6.18 Å². The number of fused-ring (bicyclic) bond motifs is 1. The molecule has 0 spiro atoms. The molecule has 3 amide bonds. The Morgan fingerprint density at radius 1 is 1.12 bits per heavy atom. The first-order valence-electron chi connectivity index (χ1n) is 10.9. The third kappa shape index (κ3) is 3.98. The summed E-state index contributed by atoms with van der Waals surface area (Å²) >= 11 is 6.35. The Kier molecular flexibility index (Phi) is 5.47. The monoisotopic (exact) mass is 499 g/mol. The molecular formula is C21H21ClF3N5O4. The van der Waals surface area contributed by atoms with E-state index in [9.17, 15) is 32.8 Å². The van der Waals surface area contributed by atoms with E-state index >= 15 is 0 Å². The quantitative estimate of drug-likeness (QED) is 0.654. The number of aromatic nitrogens is 2. The van der Waals surface area contributed by atoms with Crippen molar-refractivity contribution in [2.75, 3.05) is 26.2 Å². The molecule has 3 aliphatic rings. The Bertz CT molecular complexity index is 1200. The van der Waals surface area contributed by atoms with Gasteiger partial charge in [0.15, 0.2) is 5.69 Å². The van der Waals surface area contributed by atoms with E-state index in [4.69, 9.17) is 11.6 Å². The van der Waals surface area contributed by atoms with Crippen LogP contribution in [-0.2, 0) is 15.8 Å².